The van der Waals surface area contributed by atoms with E-state index in [2.05, 4.69) is 24.3 Å². The predicted octanol–water partition coefficient (Wildman–Crippen LogP) is 6.51. The van der Waals surface area contributed by atoms with Gasteiger partial charge in [0.1, 0.15) is 11.5 Å². The molecule has 0 saturated carbocycles. The van der Waals surface area contributed by atoms with Gasteiger partial charge >= 0.3 is 11.9 Å². The van der Waals surface area contributed by atoms with E-state index in [4.69, 9.17) is 19.7 Å². The number of aliphatic carboxylic acids is 2. The van der Waals surface area contributed by atoms with Crippen LogP contribution < -0.4 is 9.47 Å². The minimum atomic E-state index is -0.800. The van der Waals surface area contributed by atoms with Crippen molar-refractivity contribution < 1.29 is 29.3 Å². The third kappa shape index (κ3) is 14.8. The van der Waals surface area contributed by atoms with Gasteiger partial charge in [0.2, 0.25) is 0 Å². The van der Waals surface area contributed by atoms with Crippen molar-refractivity contribution in [2.24, 2.45) is 0 Å². The fourth-order valence-corrected chi connectivity index (χ4v) is 5.04. The summed E-state index contributed by atoms with van der Waals surface area (Å²) in [5.74, 6) is 0.125. The highest BCUT2D eigenvalue weighted by Crippen LogP contribution is 2.17. The molecule has 2 atom stereocenters. The monoisotopic (exact) mass is 654 g/mol. The Bertz CT molecular complexity index is 1370. The molecule has 2 N–H and O–H groups in total. The van der Waals surface area contributed by atoms with E-state index in [1.54, 1.807) is 0 Å². The molecule has 1 unspecified atom stereocenters. The van der Waals surface area contributed by atoms with E-state index in [0.717, 1.165) is 37.2 Å². The maximum absolute atomic E-state index is 10.8. The maximum Gasteiger partial charge on any atom is 0.317 e. The first-order valence-corrected chi connectivity index (χ1v) is 16.4. The lowest BCUT2D eigenvalue weighted by Gasteiger charge is -2.22. The number of likely N-dealkylation sites (N-methyl/N-ethyl adjacent to an activating group) is 2. The summed E-state index contributed by atoms with van der Waals surface area (Å²) in [5, 5.41) is 17.7. The van der Waals surface area contributed by atoms with Gasteiger partial charge in [-0.25, -0.2) is 0 Å². The molecular weight excluding hydrogens is 604 g/mol. The Morgan fingerprint density at radius 1 is 0.542 bits per heavy atom. The van der Waals surface area contributed by atoms with Gasteiger partial charge in [-0.05, 0) is 87.3 Å². The molecule has 0 radical (unpaired) electrons. The van der Waals surface area contributed by atoms with Gasteiger partial charge in [-0.15, -0.1) is 0 Å². The number of carbonyl (C=O) groups is 2. The second-order valence-electron chi connectivity index (χ2n) is 12.2. The topological polar surface area (TPSA) is 99.5 Å². The predicted molar refractivity (Wildman–Crippen MR) is 191 cm³/mol. The van der Waals surface area contributed by atoms with Crippen molar-refractivity contribution in [3.63, 3.8) is 0 Å². The van der Waals surface area contributed by atoms with Crippen LogP contribution in [0, 0.1) is 0 Å². The van der Waals surface area contributed by atoms with Crippen molar-refractivity contribution in [2.75, 3.05) is 40.4 Å². The van der Waals surface area contributed by atoms with Gasteiger partial charge in [0.05, 0.1) is 26.3 Å². The van der Waals surface area contributed by atoms with Gasteiger partial charge in [-0.1, -0.05) is 84.9 Å². The van der Waals surface area contributed by atoms with Gasteiger partial charge < -0.3 is 19.7 Å². The molecule has 0 aliphatic carbocycles. The molecule has 4 rings (SSSR count). The molecule has 4 aromatic carbocycles. The summed E-state index contributed by atoms with van der Waals surface area (Å²) in [7, 11) is 3.67. The van der Waals surface area contributed by atoms with E-state index in [9.17, 15) is 9.59 Å². The van der Waals surface area contributed by atoms with Crippen LogP contribution in [0.3, 0.4) is 0 Å². The smallest absolute Gasteiger partial charge is 0.317 e. The molecule has 0 amide bonds. The van der Waals surface area contributed by atoms with Crippen molar-refractivity contribution in [1.82, 2.24) is 9.80 Å². The highest BCUT2D eigenvalue weighted by molar-refractivity contribution is 5.69. The number of ether oxygens (including phenoxy) is 2. The fourth-order valence-electron chi connectivity index (χ4n) is 5.04. The standard InChI is InChI=1S/2C20H25NO3/c2*1-16(21(2)15-20(22)23)14-18-8-10-19(11-9-18)24-13-12-17-6-4-3-5-7-17/h2*3-11,16H,12-15H2,1-2H3,(H,22,23)/t16-;/m1./s1. The quantitative estimate of drug-likeness (QED) is 0.125. The summed E-state index contributed by atoms with van der Waals surface area (Å²) >= 11 is 0. The third-order valence-electron chi connectivity index (χ3n) is 8.19. The molecule has 0 heterocycles. The SMILES string of the molecule is CC(Cc1ccc(OCCc2ccccc2)cc1)N(C)CC(=O)O.C[C@H](Cc1ccc(OCCc2ccccc2)cc1)N(C)CC(=O)O. The molecular formula is C40H50N2O6. The first-order chi connectivity index (χ1) is 23.1. The van der Waals surface area contributed by atoms with Crippen molar-refractivity contribution in [1.29, 1.82) is 0 Å². The first kappa shape index (κ1) is 37.8. The summed E-state index contributed by atoms with van der Waals surface area (Å²) in [6.45, 7) is 5.49. The zero-order valence-corrected chi connectivity index (χ0v) is 28.6. The van der Waals surface area contributed by atoms with Crippen molar-refractivity contribution in [3.05, 3.63) is 131 Å². The van der Waals surface area contributed by atoms with Crippen LogP contribution in [0.2, 0.25) is 0 Å². The molecule has 0 saturated heterocycles. The number of hydrogen-bond acceptors (Lipinski definition) is 6. The molecule has 8 nitrogen and oxygen atoms in total. The third-order valence-corrected chi connectivity index (χ3v) is 8.19. The number of carboxylic acid groups (broad SMARTS) is 2. The Hall–Kier alpha value is -4.66. The highest BCUT2D eigenvalue weighted by atomic mass is 16.5. The fraction of sp³-hybridized carbons (Fsp3) is 0.350. The van der Waals surface area contributed by atoms with E-state index in [1.165, 1.54) is 22.3 Å². The Labute approximate surface area is 285 Å². The van der Waals surface area contributed by atoms with E-state index in [1.807, 2.05) is 123 Å². The van der Waals surface area contributed by atoms with Gasteiger partial charge in [-0.3, -0.25) is 19.4 Å². The van der Waals surface area contributed by atoms with Crippen LogP contribution in [0.15, 0.2) is 109 Å². The zero-order valence-electron chi connectivity index (χ0n) is 28.6. The number of rotatable bonds is 18. The molecule has 0 bridgehead atoms. The second kappa shape index (κ2) is 20.5. The summed E-state index contributed by atoms with van der Waals surface area (Å²) in [6, 6.07) is 37.0. The molecule has 0 aromatic heterocycles. The number of nitrogens with zero attached hydrogens (tertiary/aromatic N) is 2. The van der Waals surface area contributed by atoms with Crippen LogP contribution in [0.25, 0.3) is 0 Å². The van der Waals surface area contributed by atoms with E-state index in [0.29, 0.717) is 13.2 Å². The molecule has 0 aliphatic heterocycles. The Kier molecular flexibility index (Phi) is 16.2. The van der Waals surface area contributed by atoms with Crippen LogP contribution in [0.1, 0.15) is 36.1 Å². The zero-order chi connectivity index (χ0) is 34.7. The van der Waals surface area contributed by atoms with Crippen molar-refractivity contribution in [2.45, 2.75) is 51.6 Å². The molecule has 8 heteroatoms. The van der Waals surface area contributed by atoms with Gasteiger partial charge in [-0.2, -0.15) is 0 Å². The van der Waals surface area contributed by atoms with Gasteiger partial charge in [0, 0.05) is 24.9 Å². The normalized spacial score (nSPS) is 12.1. The summed E-state index contributed by atoms with van der Waals surface area (Å²) in [5.41, 5.74) is 4.89. The lowest BCUT2D eigenvalue weighted by atomic mass is 10.1. The molecule has 0 spiro atoms. The summed E-state index contributed by atoms with van der Waals surface area (Å²) < 4.78 is 11.6. The number of carboxylic acids is 2. The van der Waals surface area contributed by atoms with Crippen LogP contribution >= 0.6 is 0 Å². The Balaban J connectivity index is 0.000000260. The van der Waals surface area contributed by atoms with Crippen molar-refractivity contribution in [3.8, 4) is 11.5 Å². The van der Waals surface area contributed by atoms with Crippen LogP contribution in [0.5, 0.6) is 11.5 Å². The highest BCUT2D eigenvalue weighted by Gasteiger charge is 2.14. The van der Waals surface area contributed by atoms with E-state index in [-0.39, 0.29) is 25.2 Å². The average molecular weight is 655 g/mol. The summed E-state index contributed by atoms with van der Waals surface area (Å²) in [4.78, 5) is 25.2. The second-order valence-corrected chi connectivity index (χ2v) is 12.2. The molecule has 4 aromatic rings. The van der Waals surface area contributed by atoms with E-state index < -0.39 is 11.9 Å². The Morgan fingerprint density at radius 3 is 1.19 bits per heavy atom. The molecule has 0 fully saturated rings. The molecule has 0 aliphatic rings. The van der Waals surface area contributed by atoms with Crippen molar-refractivity contribution >= 4 is 11.9 Å². The molecule has 48 heavy (non-hydrogen) atoms. The van der Waals surface area contributed by atoms with Crippen LogP contribution in [0.4, 0.5) is 0 Å². The van der Waals surface area contributed by atoms with Crippen LogP contribution in [-0.2, 0) is 35.3 Å². The molecule has 256 valence electrons. The lowest BCUT2D eigenvalue weighted by Crippen LogP contribution is -2.35. The minimum absolute atomic E-state index is 0.0574. The average Bonchev–Trinajstić information content (AvgIpc) is 3.07. The maximum atomic E-state index is 10.8. The number of hydrogen-bond donors (Lipinski definition) is 2. The minimum Gasteiger partial charge on any atom is -0.493 e. The largest absolute Gasteiger partial charge is 0.493 e. The lowest BCUT2D eigenvalue weighted by molar-refractivity contribution is -0.139. The summed E-state index contributed by atoms with van der Waals surface area (Å²) in [6.07, 6.45) is 3.40. The number of benzene rings is 4. The van der Waals surface area contributed by atoms with Crippen LogP contribution in [-0.4, -0.2) is 84.4 Å². The van der Waals surface area contributed by atoms with Gasteiger partial charge in [0.15, 0.2) is 0 Å². The first-order valence-electron chi connectivity index (χ1n) is 16.4. The van der Waals surface area contributed by atoms with E-state index >= 15 is 0 Å². The van der Waals surface area contributed by atoms with Gasteiger partial charge in [0.25, 0.3) is 0 Å². The Morgan fingerprint density at radius 2 is 0.875 bits per heavy atom.